The Balaban J connectivity index is 1.21. The Kier molecular flexibility index (Phi) is 9.69. The fraction of sp³-hybridized carbons (Fsp3) is 0.176. The van der Waals surface area contributed by atoms with Crippen LogP contribution in [0.25, 0.3) is 0 Å². The Bertz CT molecular complexity index is 1520. The van der Waals surface area contributed by atoms with Gasteiger partial charge in [-0.15, -0.1) is 22.7 Å². The van der Waals surface area contributed by atoms with E-state index in [0.29, 0.717) is 48.9 Å². The molecule has 5 aromatic rings. The molecule has 0 fully saturated rings. The molecule has 0 saturated carbocycles. The van der Waals surface area contributed by atoms with Gasteiger partial charge in [-0.05, 0) is 83.3 Å². The molecule has 6 nitrogen and oxygen atoms in total. The first kappa shape index (κ1) is 29.1. The molecule has 42 heavy (non-hydrogen) atoms. The van der Waals surface area contributed by atoms with Crippen molar-refractivity contribution in [2.24, 2.45) is 0 Å². The van der Waals surface area contributed by atoms with E-state index in [2.05, 4.69) is 22.8 Å². The summed E-state index contributed by atoms with van der Waals surface area (Å²) in [6.45, 7) is 5.70. The first-order chi connectivity index (χ1) is 20.5. The third kappa shape index (κ3) is 7.46. The number of carbonyl (C=O) groups excluding carboxylic acids is 2. The lowest BCUT2D eigenvalue weighted by Gasteiger charge is -2.16. The summed E-state index contributed by atoms with van der Waals surface area (Å²) in [5, 5.41) is 9.93. The van der Waals surface area contributed by atoms with Crippen LogP contribution in [0.5, 0.6) is 11.5 Å². The van der Waals surface area contributed by atoms with Gasteiger partial charge in [-0.3, -0.25) is 9.59 Å². The molecule has 0 bridgehead atoms. The quantitative estimate of drug-likeness (QED) is 0.157. The zero-order valence-electron chi connectivity index (χ0n) is 23.5. The molecule has 214 valence electrons. The maximum absolute atomic E-state index is 12.9. The fourth-order valence-electron chi connectivity index (χ4n) is 4.47. The molecule has 0 aliphatic carbocycles. The predicted octanol–water partition coefficient (Wildman–Crippen LogP) is 7.44. The Morgan fingerprint density at radius 3 is 1.45 bits per heavy atom. The molecule has 2 aromatic heterocycles. The molecule has 0 unspecified atom stereocenters. The monoisotopic (exact) mass is 596 g/mol. The standard InChI is InChI=1S/C34H32N2O4S2/c1-23-17-26(22-40-32-14-6-4-12-30(32)34(38)36-20-28-10-8-16-42-28)24(2)18-25(23)21-39-31-13-5-3-11-29(31)33(37)35-19-27-9-7-15-41-27/h3-18H,19-22H2,1-2H3,(H,35,37)(H,36,38). The highest BCUT2D eigenvalue weighted by atomic mass is 32.1. The molecule has 5 rings (SSSR count). The van der Waals surface area contributed by atoms with Crippen molar-refractivity contribution in [1.29, 1.82) is 0 Å². The van der Waals surface area contributed by atoms with E-state index >= 15 is 0 Å². The van der Waals surface area contributed by atoms with Crippen LogP contribution in [0.3, 0.4) is 0 Å². The van der Waals surface area contributed by atoms with E-state index in [1.54, 1.807) is 34.8 Å². The number of para-hydroxylation sites is 2. The summed E-state index contributed by atoms with van der Waals surface area (Å²) in [6, 6.07) is 26.7. The van der Waals surface area contributed by atoms with Gasteiger partial charge in [0.1, 0.15) is 24.7 Å². The van der Waals surface area contributed by atoms with Crippen molar-refractivity contribution < 1.29 is 19.1 Å². The van der Waals surface area contributed by atoms with Gasteiger partial charge in [-0.2, -0.15) is 0 Å². The first-order valence-corrected chi connectivity index (χ1v) is 15.4. The molecule has 2 amide bonds. The van der Waals surface area contributed by atoms with Crippen LogP contribution in [0, 0.1) is 13.8 Å². The molecular formula is C34H32N2O4S2. The number of hydrogen-bond donors (Lipinski definition) is 2. The molecule has 2 N–H and O–H groups in total. The average molecular weight is 597 g/mol. The van der Waals surface area contributed by atoms with Crippen LogP contribution in [-0.2, 0) is 26.3 Å². The van der Waals surface area contributed by atoms with Gasteiger partial charge >= 0.3 is 0 Å². The third-order valence-corrected chi connectivity index (χ3v) is 8.58. The van der Waals surface area contributed by atoms with E-state index in [9.17, 15) is 9.59 Å². The molecule has 2 heterocycles. The van der Waals surface area contributed by atoms with E-state index < -0.39 is 0 Å². The number of carbonyl (C=O) groups is 2. The minimum absolute atomic E-state index is 0.167. The molecule has 0 aliphatic rings. The lowest BCUT2D eigenvalue weighted by molar-refractivity contribution is 0.0938. The van der Waals surface area contributed by atoms with Gasteiger partial charge in [0.05, 0.1) is 24.2 Å². The van der Waals surface area contributed by atoms with Gasteiger partial charge in [-0.1, -0.05) is 48.5 Å². The van der Waals surface area contributed by atoms with Crippen LogP contribution >= 0.6 is 22.7 Å². The number of aryl methyl sites for hydroxylation is 2. The number of hydrogen-bond acceptors (Lipinski definition) is 6. The minimum atomic E-state index is -0.167. The van der Waals surface area contributed by atoms with Crippen molar-refractivity contribution in [3.05, 3.63) is 139 Å². The van der Waals surface area contributed by atoms with Crippen LogP contribution in [0.4, 0.5) is 0 Å². The first-order valence-electron chi connectivity index (χ1n) is 13.6. The molecule has 0 spiro atoms. The zero-order valence-corrected chi connectivity index (χ0v) is 25.1. The molecule has 8 heteroatoms. The number of thiophene rings is 2. The Hall–Kier alpha value is -4.40. The number of amides is 2. The van der Waals surface area contributed by atoms with Gasteiger partial charge in [0, 0.05) is 9.75 Å². The fourth-order valence-corrected chi connectivity index (χ4v) is 5.76. The maximum Gasteiger partial charge on any atom is 0.255 e. The topological polar surface area (TPSA) is 76.7 Å². The van der Waals surface area contributed by atoms with Crippen molar-refractivity contribution in [3.63, 3.8) is 0 Å². The van der Waals surface area contributed by atoms with Crippen LogP contribution in [0.1, 0.15) is 52.7 Å². The number of nitrogens with one attached hydrogen (secondary N) is 2. The summed E-state index contributed by atoms with van der Waals surface area (Å²) in [5.74, 6) is 0.749. The van der Waals surface area contributed by atoms with Crippen molar-refractivity contribution >= 4 is 34.5 Å². The molecule has 0 saturated heterocycles. The SMILES string of the molecule is Cc1cc(COc2ccccc2C(=O)NCc2cccs2)c(C)cc1COc1ccccc1C(=O)NCc1cccs1. The summed E-state index contributed by atoms with van der Waals surface area (Å²) < 4.78 is 12.3. The Labute approximate surface area is 254 Å². The maximum atomic E-state index is 12.9. The van der Waals surface area contributed by atoms with Gasteiger partial charge in [-0.25, -0.2) is 0 Å². The smallest absolute Gasteiger partial charge is 0.255 e. The highest BCUT2D eigenvalue weighted by Gasteiger charge is 2.15. The van der Waals surface area contributed by atoms with Crippen molar-refractivity contribution in [2.75, 3.05) is 0 Å². The summed E-state index contributed by atoms with van der Waals surface area (Å²) in [5.41, 5.74) is 5.18. The van der Waals surface area contributed by atoms with Crippen LogP contribution in [0.15, 0.2) is 95.7 Å². The predicted molar refractivity (Wildman–Crippen MR) is 168 cm³/mol. The third-order valence-electron chi connectivity index (χ3n) is 6.83. The van der Waals surface area contributed by atoms with E-state index in [1.165, 1.54) is 0 Å². The van der Waals surface area contributed by atoms with Gasteiger partial charge in [0.25, 0.3) is 11.8 Å². The van der Waals surface area contributed by atoms with Gasteiger partial charge < -0.3 is 20.1 Å². The van der Waals surface area contributed by atoms with E-state index in [4.69, 9.17) is 9.47 Å². The summed E-state index contributed by atoms with van der Waals surface area (Å²) >= 11 is 3.22. The molecule has 3 aromatic carbocycles. The summed E-state index contributed by atoms with van der Waals surface area (Å²) in [4.78, 5) is 27.9. The van der Waals surface area contributed by atoms with E-state index in [-0.39, 0.29) is 11.8 Å². The number of benzene rings is 3. The van der Waals surface area contributed by atoms with Crippen molar-refractivity contribution in [2.45, 2.75) is 40.2 Å². The molecule has 0 radical (unpaired) electrons. The molecule has 0 aliphatic heterocycles. The van der Waals surface area contributed by atoms with Crippen LogP contribution < -0.4 is 20.1 Å². The van der Waals surface area contributed by atoms with E-state index in [0.717, 1.165) is 32.0 Å². The lowest BCUT2D eigenvalue weighted by Crippen LogP contribution is -2.23. The summed E-state index contributed by atoms with van der Waals surface area (Å²) in [6.07, 6.45) is 0. The number of rotatable bonds is 12. The average Bonchev–Trinajstić information content (AvgIpc) is 3.73. The Morgan fingerprint density at radius 2 is 1.05 bits per heavy atom. The van der Waals surface area contributed by atoms with Crippen molar-refractivity contribution in [3.8, 4) is 11.5 Å². The molecular weight excluding hydrogens is 565 g/mol. The largest absolute Gasteiger partial charge is 0.488 e. The highest BCUT2D eigenvalue weighted by molar-refractivity contribution is 7.10. The lowest BCUT2D eigenvalue weighted by atomic mass is 10.0. The normalized spacial score (nSPS) is 10.7. The second-order valence-corrected chi connectivity index (χ2v) is 11.9. The van der Waals surface area contributed by atoms with Crippen LogP contribution in [-0.4, -0.2) is 11.8 Å². The minimum Gasteiger partial charge on any atom is -0.488 e. The van der Waals surface area contributed by atoms with Gasteiger partial charge in [0.2, 0.25) is 0 Å². The summed E-state index contributed by atoms with van der Waals surface area (Å²) in [7, 11) is 0. The second kappa shape index (κ2) is 14.0. The Morgan fingerprint density at radius 1 is 0.619 bits per heavy atom. The zero-order chi connectivity index (χ0) is 29.3. The second-order valence-electron chi connectivity index (χ2n) is 9.80. The van der Waals surface area contributed by atoms with Crippen LogP contribution in [0.2, 0.25) is 0 Å². The van der Waals surface area contributed by atoms with E-state index in [1.807, 2.05) is 85.3 Å². The number of ether oxygens (including phenoxy) is 2. The highest BCUT2D eigenvalue weighted by Crippen LogP contribution is 2.25. The van der Waals surface area contributed by atoms with Gasteiger partial charge in [0.15, 0.2) is 0 Å². The molecule has 0 atom stereocenters. The van der Waals surface area contributed by atoms with Crippen molar-refractivity contribution in [1.82, 2.24) is 10.6 Å².